The molecule has 21 heavy (non-hydrogen) atoms. The van der Waals surface area contributed by atoms with Crippen LogP contribution in [0.2, 0.25) is 0 Å². The van der Waals surface area contributed by atoms with Crippen molar-refractivity contribution in [3.63, 3.8) is 0 Å². The third kappa shape index (κ3) is 2.45. The van der Waals surface area contributed by atoms with Gasteiger partial charge in [0, 0.05) is 0 Å². The largest absolute Gasteiger partial charge is 0.394 e. The smallest absolute Gasteiger partial charge is 0.264 e. The summed E-state index contributed by atoms with van der Waals surface area (Å²) in [4.78, 5) is 16.8. The van der Waals surface area contributed by atoms with Crippen molar-refractivity contribution in [1.82, 2.24) is 19.3 Å². The fraction of sp³-hybridized carbons (Fsp3) is 0.267. The van der Waals surface area contributed by atoms with Crippen molar-refractivity contribution < 1.29 is 5.11 Å². The Hall–Kier alpha value is -2.47. The summed E-state index contributed by atoms with van der Waals surface area (Å²) in [6.07, 6.45) is 3.04. The minimum atomic E-state index is -0.118. The number of aliphatic hydroxyl groups is 1. The highest BCUT2D eigenvalue weighted by Gasteiger charge is 2.10. The first-order chi connectivity index (χ1) is 10.2. The van der Waals surface area contributed by atoms with E-state index in [2.05, 4.69) is 10.1 Å². The average Bonchev–Trinajstić information content (AvgIpc) is 2.89. The summed E-state index contributed by atoms with van der Waals surface area (Å²) in [5.41, 5.74) is 2.62. The van der Waals surface area contributed by atoms with Crippen LogP contribution in [-0.4, -0.2) is 31.0 Å². The van der Waals surface area contributed by atoms with Gasteiger partial charge in [-0.2, -0.15) is 5.10 Å². The lowest BCUT2D eigenvalue weighted by molar-refractivity contribution is 0.271. The van der Waals surface area contributed by atoms with Crippen LogP contribution in [0.25, 0.3) is 11.0 Å². The van der Waals surface area contributed by atoms with Crippen LogP contribution in [0.1, 0.15) is 11.1 Å². The Morgan fingerprint density at radius 3 is 2.86 bits per heavy atom. The van der Waals surface area contributed by atoms with Crippen LogP contribution in [0.3, 0.4) is 0 Å². The van der Waals surface area contributed by atoms with Gasteiger partial charge in [0.25, 0.3) is 5.56 Å². The molecule has 0 bridgehead atoms. The second kappa shape index (κ2) is 5.49. The van der Waals surface area contributed by atoms with Gasteiger partial charge in [-0.1, -0.05) is 24.3 Å². The zero-order chi connectivity index (χ0) is 14.8. The molecule has 0 aliphatic heterocycles. The summed E-state index contributed by atoms with van der Waals surface area (Å²) < 4.78 is 3.12. The molecule has 6 nitrogen and oxygen atoms in total. The monoisotopic (exact) mass is 284 g/mol. The van der Waals surface area contributed by atoms with E-state index in [4.69, 9.17) is 5.11 Å². The number of aliphatic hydroxyl groups excluding tert-OH is 1. The van der Waals surface area contributed by atoms with Gasteiger partial charge in [-0.25, -0.2) is 9.67 Å². The fourth-order valence-electron chi connectivity index (χ4n) is 2.34. The molecular formula is C15H16N4O2. The zero-order valence-corrected chi connectivity index (χ0v) is 11.7. The second-order valence-electron chi connectivity index (χ2n) is 4.93. The van der Waals surface area contributed by atoms with Gasteiger partial charge >= 0.3 is 0 Å². The van der Waals surface area contributed by atoms with Crippen molar-refractivity contribution in [2.24, 2.45) is 0 Å². The van der Waals surface area contributed by atoms with E-state index in [-0.39, 0.29) is 12.2 Å². The molecule has 2 heterocycles. The Labute approximate surface area is 121 Å². The lowest BCUT2D eigenvalue weighted by Crippen LogP contribution is -2.21. The number of aromatic nitrogens is 4. The van der Waals surface area contributed by atoms with Gasteiger partial charge in [-0.3, -0.25) is 9.36 Å². The van der Waals surface area contributed by atoms with Crippen molar-refractivity contribution in [3.05, 3.63) is 58.3 Å². The highest BCUT2D eigenvalue weighted by molar-refractivity contribution is 5.72. The van der Waals surface area contributed by atoms with Crippen LogP contribution in [0.15, 0.2) is 41.6 Å². The Morgan fingerprint density at radius 1 is 1.29 bits per heavy atom. The number of hydrogen-bond donors (Lipinski definition) is 1. The minimum absolute atomic E-state index is 0.0369. The Kier molecular flexibility index (Phi) is 3.53. The SMILES string of the molecule is Cc1ccccc1Cn1cnc2c(cnn2CCO)c1=O. The molecular weight excluding hydrogens is 268 g/mol. The molecule has 3 aromatic rings. The molecule has 0 aliphatic rings. The molecule has 6 heteroatoms. The predicted molar refractivity (Wildman–Crippen MR) is 79.2 cm³/mol. The highest BCUT2D eigenvalue weighted by atomic mass is 16.3. The van der Waals surface area contributed by atoms with E-state index in [0.29, 0.717) is 24.1 Å². The predicted octanol–water partition coefficient (Wildman–Crippen LogP) is 0.942. The van der Waals surface area contributed by atoms with Gasteiger partial charge in [0.2, 0.25) is 0 Å². The van der Waals surface area contributed by atoms with Crippen LogP contribution >= 0.6 is 0 Å². The molecule has 0 unspecified atom stereocenters. The summed E-state index contributed by atoms with van der Waals surface area (Å²) in [6, 6.07) is 7.95. The van der Waals surface area contributed by atoms with Gasteiger partial charge in [0.1, 0.15) is 11.7 Å². The standard InChI is InChI=1S/C15H16N4O2/c1-11-4-2-3-5-12(11)9-18-10-16-14-13(15(18)21)8-17-19(14)6-7-20/h2-5,8,10,20H,6-7,9H2,1H3. The molecule has 0 amide bonds. The number of benzene rings is 1. The Morgan fingerprint density at radius 2 is 2.10 bits per heavy atom. The second-order valence-corrected chi connectivity index (χ2v) is 4.93. The summed E-state index contributed by atoms with van der Waals surface area (Å²) in [5, 5.41) is 13.5. The molecule has 0 radical (unpaired) electrons. The molecule has 0 aliphatic carbocycles. The van der Waals surface area contributed by atoms with Crippen LogP contribution in [0.5, 0.6) is 0 Å². The topological polar surface area (TPSA) is 72.9 Å². The number of fused-ring (bicyclic) bond motifs is 1. The van der Waals surface area contributed by atoms with Crippen LogP contribution < -0.4 is 5.56 Å². The van der Waals surface area contributed by atoms with Crippen LogP contribution in [0, 0.1) is 6.92 Å². The number of hydrogen-bond acceptors (Lipinski definition) is 4. The fourth-order valence-corrected chi connectivity index (χ4v) is 2.34. The maximum atomic E-state index is 12.5. The minimum Gasteiger partial charge on any atom is -0.394 e. The van der Waals surface area contributed by atoms with Crippen molar-refractivity contribution in [2.75, 3.05) is 6.61 Å². The van der Waals surface area contributed by atoms with E-state index in [1.54, 1.807) is 4.57 Å². The molecule has 3 rings (SSSR count). The molecule has 0 atom stereocenters. The van der Waals surface area contributed by atoms with E-state index >= 15 is 0 Å². The quantitative estimate of drug-likeness (QED) is 0.774. The molecule has 1 N–H and O–H groups in total. The number of rotatable bonds is 4. The van der Waals surface area contributed by atoms with Crippen molar-refractivity contribution >= 4 is 11.0 Å². The van der Waals surface area contributed by atoms with Gasteiger partial charge < -0.3 is 5.11 Å². The summed E-state index contributed by atoms with van der Waals surface area (Å²) in [7, 11) is 0. The number of nitrogens with zero attached hydrogens (tertiary/aromatic N) is 4. The van der Waals surface area contributed by atoms with Crippen LogP contribution in [-0.2, 0) is 13.1 Å². The maximum absolute atomic E-state index is 12.5. The molecule has 1 aromatic carbocycles. The lowest BCUT2D eigenvalue weighted by atomic mass is 10.1. The van der Waals surface area contributed by atoms with E-state index in [1.165, 1.54) is 17.2 Å². The normalized spacial score (nSPS) is 11.1. The van der Waals surface area contributed by atoms with E-state index in [9.17, 15) is 4.79 Å². The van der Waals surface area contributed by atoms with E-state index < -0.39 is 0 Å². The molecule has 0 fully saturated rings. The van der Waals surface area contributed by atoms with Crippen molar-refractivity contribution in [2.45, 2.75) is 20.0 Å². The highest BCUT2D eigenvalue weighted by Crippen LogP contribution is 2.10. The first kappa shape index (κ1) is 13.5. The van der Waals surface area contributed by atoms with Gasteiger partial charge in [-0.15, -0.1) is 0 Å². The van der Waals surface area contributed by atoms with Crippen molar-refractivity contribution in [1.29, 1.82) is 0 Å². The van der Waals surface area contributed by atoms with E-state index in [0.717, 1.165) is 11.1 Å². The van der Waals surface area contributed by atoms with Crippen LogP contribution in [0.4, 0.5) is 0 Å². The van der Waals surface area contributed by atoms with Gasteiger partial charge in [0.15, 0.2) is 5.65 Å². The molecule has 2 aromatic heterocycles. The van der Waals surface area contributed by atoms with Gasteiger partial charge in [-0.05, 0) is 18.1 Å². The third-order valence-corrected chi connectivity index (χ3v) is 3.54. The van der Waals surface area contributed by atoms with Crippen molar-refractivity contribution in [3.8, 4) is 0 Å². The molecule has 0 spiro atoms. The summed E-state index contributed by atoms with van der Waals surface area (Å²) in [5.74, 6) is 0. The van der Waals surface area contributed by atoms with Gasteiger partial charge in [0.05, 0.1) is 25.9 Å². The zero-order valence-electron chi connectivity index (χ0n) is 11.7. The lowest BCUT2D eigenvalue weighted by Gasteiger charge is -2.08. The molecule has 0 saturated carbocycles. The first-order valence-corrected chi connectivity index (χ1v) is 6.77. The summed E-state index contributed by atoms with van der Waals surface area (Å²) >= 11 is 0. The Bertz CT molecular complexity index is 835. The summed E-state index contributed by atoms with van der Waals surface area (Å²) in [6.45, 7) is 2.80. The Balaban J connectivity index is 2.03. The molecule has 0 saturated heterocycles. The first-order valence-electron chi connectivity index (χ1n) is 6.77. The third-order valence-electron chi connectivity index (χ3n) is 3.54. The maximum Gasteiger partial charge on any atom is 0.264 e. The van der Waals surface area contributed by atoms with E-state index in [1.807, 2.05) is 31.2 Å². The number of aryl methyl sites for hydroxylation is 1. The molecule has 108 valence electrons. The average molecular weight is 284 g/mol.